The van der Waals surface area contributed by atoms with Crippen molar-refractivity contribution in [1.82, 2.24) is 10.3 Å². The van der Waals surface area contributed by atoms with Gasteiger partial charge in [-0.25, -0.2) is 4.39 Å². The van der Waals surface area contributed by atoms with E-state index >= 15 is 0 Å². The second-order valence-electron chi connectivity index (χ2n) is 6.02. The molecule has 0 amide bonds. The van der Waals surface area contributed by atoms with Crippen LogP contribution in [0.3, 0.4) is 0 Å². The monoisotopic (exact) mass is 332 g/mol. The van der Waals surface area contributed by atoms with Crippen LogP contribution in [-0.2, 0) is 6.54 Å². The van der Waals surface area contributed by atoms with E-state index < -0.39 is 24.1 Å². The van der Waals surface area contributed by atoms with Crippen molar-refractivity contribution in [2.45, 2.75) is 43.7 Å². The Morgan fingerprint density at radius 3 is 2.79 bits per heavy atom. The normalized spacial score (nSPS) is 27.0. The van der Waals surface area contributed by atoms with Crippen LogP contribution in [0.15, 0.2) is 48.8 Å². The number of benzene rings is 1. The van der Waals surface area contributed by atoms with Gasteiger partial charge in [-0.2, -0.15) is 0 Å². The molecule has 1 saturated carbocycles. The van der Waals surface area contributed by atoms with Crippen molar-refractivity contribution in [2.75, 3.05) is 0 Å². The van der Waals surface area contributed by atoms with Crippen molar-refractivity contribution < 1.29 is 19.3 Å². The van der Waals surface area contributed by atoms with E-state index in [1.807, 2.05) is 12.1 Å². The standard InChI is InChI=1S/C18H21FN2O3/c19-13-4-1-5-14(9-13)24-16-7-6-15(17(22)18(16)23)21-11-12-3-2-8-20-10-12/h1-5,8-10,15-18,21-23H,6-7,11H2/t15-,16-,17-,18-/m1/s1. The van der Waals surface area contributed by atoms with E-state index in [1.165, 1.54) is 12.1 Å². The first-order valence-electron chi connectivity index (χ1n) is 8.04. The second-order valence-corrected chi connectivity index (χ2v) is 6.02. The van der Waals surface area contributed by atoms with Crippen LogP contribution in [0.2, 0.25) is 0 Å². The molecule has 1 fully saturated rings. The fourth-order valence-corrected chi connectivity index (χ4v) is 2.96. The number of nitrogens with one attached hydrogen (secondary N) is 1. The molecule has 5 nitrogen and oxygen atoms in total. The first-order valence-corrected chi connectivity index (χ1v) is 8.04. The Kier molecular flexibility index (Phi) is 5.40. The summed E-state index contributed by atoms with van der Waals surface area (Å²) in [6.45, 7) is 0.567. The molecular formula is C18H21FN2O3. The summed E-state index contributed by atoms with van der Waals surface area (Å²) in [5, 5.41) is 23.9. The number of ether oxygens (including phenoxy) is 1. The van der Waals surface area contributed by atoms with E-state index in [9.17, 15) is 14.6 Å². The summed E-state index contributed by atoms with van der Waals surface area (Å²) in [5.74, 6) is -0.0395. The molecule has 3 N–H and O–H groups in total. The Morgan fingerprint density at radius 2 is 2.04 bits per heavy atom. The minimum absolute atomic E-state index is 0.229. The SMILES string of the molecule is O[C@H]1[C@H](O)[C@H](Oc2cccc(F)c2)CC[C@H]1NCc1cccnc1. The van der Waals surface area contributed by atoms with Gasteiger partial charge in [0.1, 0.15) is 23.8 Å². The van der Waals surface area contributed by atoms with Gasteiger partial charge < -0.3 is 20.3 Å². The van der Waals surface area contributed by atoms with Gasteiger partial charge in [-0.15, -0.1) is 0 Å². The third-order valence-corrected chi connectivity index (χ3v) is 4.28. The number of hydrogen-bond donors (Lipinski definition) is 3. The Labute approximate surface area is 140 Å². The minimum Gasteiger partial charge on any atom is -0.488 e. The third-order valence-electron chi connectivity index (χ3n) is 4.28. The molecule has 128 valence electrons. The minimum atomic E-state index is -1.03. The van der Waals surface area contributed by atoms with E-state index in [4.69, 9.17) is 4.74 Å². The highest BCUT2D eigenvalue weighted by Crippen LogP contribution is 2.25. The topological polar surface area (TPSA) is 74.6 Å². The fourth-order valence-electron chi connectivity index (χ4n) is 2.96. The van der Waals surface area contributed by atoms with Crippen molar-refractivity contribution in [3.63, 3.8) is 0 Å². The van der Waals surface area contributed by atoms with Crippen molar-refractivity contribution in [2.24, 2.45) is 0 Å². The molecule has 1 aromatic carbocycles. The van der Waals surface area contributed by atoms with Crippen LogP contribution in [0.5, 0.6) is 5.75 Å². The van der Waals surface area contributed by atoms with Gasteiger partial charge >= 0.3 is 0 Å². The zero-order chi connectivity index (χ0) is 16.9. The molecule has 4 atom stereocenters. The molecule has 6 heteroatoms. The molecule has 0 spiro atoms. The number of halogens is 1. The molecule has 1 aliphatic carbocycles. The predicted molar refractivity (Wildman–Crippen MR) is 86.9 cm³/mol. The van der Waals surface area contributed by atoms with Crippen LogP contribution >= 0.6 is 0 Å². The van der Waals surface area contributed by atoms with E-state index in [2.05, 4.69) is 10.3 Å². The van der Waals surface area contributed by atoms with Gasteiger partial charge in [-0.1, -0.05) is 12.1 Å². The van der Waals surface area contributed by atoms with Gasteiger partial charge in [0.05, 0.1) is 6.10 Å². The number of aliphatic hydroxyl groups excluding tert-OH is 2. The Bertz CT molecular complexity index is 656. The maximum Gasteiger partial charge on any atom is 0.127 e. The molecular weight excluding hydrogens is 311 g/mol. The maximum absolute atomic E-state index is 13.2. The number of aliphatic hydroxyl groups is 2. The fraction of sp³-hybridized carbons (Fsp3) is 0.389. The molecule has 0 bridgehead atoms. The average molecular weight is 332 g/mol. The third kappa shape index (κ3) is 4.08. The molecule has 1 aromatic heterocycles. The zero-order valence-electron chi connectivity index (χ0n) is 13.2. The molecule has 1 aliphatic rings. The number of nitrogens with zero attached hydrogens (tertiary/aromatic N) is 1. The van der Waals surface area contributed by atoms with E-state index in [0.717, 1.165) is 5.56 Å². The maximum atomic E-state index is 13.2. The lowest BCUT2D eigenvalue weighted by Crippen LogP contribution is -2.55. The first-order chi connectivity index (χ1) is 11.6. The summed E-state index contributed by atoms with van der Waals surface area (Å²) in [7, 11) is 0. The molecule has 3 rings (SSSR count). The van der Waals surface area contributed by atoms with Gasteiger partial charge in [0.15, 0.2) is 0 Å². The van der Waals surface area contributed by atoms with Crippen LogP contribution in [0, 0.1) is 5.82 Å². The summed E-state index contributed by atoms with van der Waals surface area (Å²) < 4.78 is 18.9. The van der Waals surface area contributed by atoms with Crippen LogP contribution in [0.1, 0.15) is 18.4 Å². The summed E-state index contributed by atoms with van der Waals surface area (Å²) in [4.78, 5) is 4.05. The number of pyridine rings is 1. The summed E-state index contributed by atoms with van der Waals surface area (Å²) in [6, 6.07) is 9.35. The Morgan fingerprint density at radius 1 is 1.17 bits per heavy atom. The highest BCUT2D eigenvalue weighted by Gasteiger charge is 2.38. The van der Waals surface area contributed by atoms with E-state index in [0.29, 0.717) is 25.1 Å². The van der Waals surface area contributed by atoms with Crippen LogP contribution in [0.4, 0.5) is 4.39 Å². The molecule has 0 radical (unpaired) electrons. The summed E-state index contributed by atoms with van der Waals surface area (Å²) in [6.07, 6.45) is 2.14. The number of aromatic nitrogens is 1. The molecule has 0 saturated heterocycles. The van der Waals surface area contributed by atoms with Crippen molar-refractivity contribution in [3.8, 4) is 5.75 Å². The second kappa shape index (κ2) is 7.70. The van der Waals surface area contributed by atoms with Crippen molar-refractivity contribution >= 4 is 0 Å². The quantitative estimate of drug-likeness (QED) is 0.776. The van der Waals surface area contributed by atoms with Gasteiger partial charge in [0, 0.05) is 31.0 Å². The lowest BCUT2D eigenvalue weighted by molar-refractivity contribution is -0.0893. The van der Waals surface area contributed by atoms with Crippen LogP contribution < -0.4 is 10.1 Å². The van der Waals surface area contributed by atoms with Crippen molar-refractivity contribution in [1.29, 1.82) is 0 Å². The molecule has 1 heterocycles. The van der Waals surface area contributed by atoms with Gasteiger partial charge in [-0.3, -0.25) is 4.98 Å². The average Bonchev–Trinajstić information content (AvgIpc) is 2.59. The molecule has 0 unspecified atom stereocenters. The molecule has 0 aliphatic heterocycles. The summed E-state index contributed by atoms with van der Waals surface area (Å²) >= 11 is 0. The molecule has 2 aromatic rings. The van der Waals surface area contributed by atoms with Gasteiger partial charge in [-0.05, 0) is 36.6 Å². The zero-order valence-corrected chi connectivity index (χ0v) is 13.2. The van der Waals surface area contributed by atoms with Crippen LogP contribution in [0.25, 0.3) is 0 Å². The van der Waals surface area contributed by atoms with Crippen molar-refractivity contribution in [3.05, 3.63) is 60.2 Å². The smallest absolute Gasteiger partial charge is 0.127 e. The van der Waals surface area contributed by atoms with Gasteiger partial charge in [0.25, 0.3) is 0 Å². The van der Waals surface area contributed by atoms with Crippen LogP contribution in [-0.4, -0.2) is 39.6 Å². The predicted octanol–water partition coefficient (Wildman–Crippen LogP) is 1.64. The molecule has 24 heavy (non-hydrogen) atoms. The largest absolute Gasteiger partial charge is 0.488 e. The Hall–Kier alpha value is -2.02. The Balaban J connectivity index is 1.56. The highest BCUT2D eigenvalue weighted by atomic mass is 19.1. The van der Waals surface area contributed by atoms with E-state index in [1.54, 1.807) is 24.5 Å². The first kappa shape index (κ1) is 16.8. The number of hydrogen-bond acceptors (Lipinski definition) is 5. The lowest BCUT2D eigenvalue weighted by Gasteiger charge is -2.38. The van der Waals surface area contributed by atoms with E-state index in [-0.39, 0.29) is 6.04 Å². The lowest BCUT2D eigenvalue weighted by atomic mass is 9.87. The van der Waals surface area contributed by atoms with Gasteiger partial charge in [0.2, 0.25) is 0 Å². The highest BCUT2D eigenvalue weighted by molar-refractivity contribution is 5.23. The number of rotatable bonds is 5. The summed E-state index contributed by atoms with van der Waals surface area (Å²) in [5.41, 5.74) is 1.01.